The minimum absolute atomic E-state index is 0.0310. The molecule has 1 aliphatic rings. The van der Waals surface area contributed by atoms with E-state index < -0.39 is 11.9 Å². The van der Waals surface area contributed by atoms with Crippen LogP contribution in [0.2, 0.25) is 5.02 Å². The van der Waals surface area contributed by atoms with E-state index in [1.165, 1.54) is 25.3 Å². The van der Waals surface area contributed by atoms with E-state index in [4.69, 9.17) is 16.3 Å². The molecule has 6 nitrogen and oxygen atoms in total. The van der Waals surface area contributed by atoms with Gasteiger partial charge in [0.15, 0.2) is 11.5 Å². The van der Waals surface area contributed by atoms with E-state index in [1.807, 2.05) is 0 Å². The van der Waals surface area contributed by atoms with Crippen molar-refractivity contribution in [1.29, 1.82) is 0 Å². The van der Waals surface area contributed by atoms with Gasteiger partial charge in [-0.2, -0.15) is 0 Å². The fraction of sp³-hybridized carbons (Fsp3) is 0.0588. The molecule has 24 heavy (non-hydrogen) atoms. The number of urea groups is 1. The average molecular weight is 345 g/mol. The molecular formula is C17H13ClN2O4. The molecule has 0 saturated carbocycles. The van der Waals surface area contributed by atoms with E-state index in [2.05, 4.69) is 5.32 Å². The molecular weight excluding hydrogens is 332 g/mol. The highest BCUT2D eigenvalue weighted by Gasteiger charge is 2.34. The summed E-state index contributed by atoms with van der Waals surface area (Å²) in [6.45, 7) is 0. The number of benzene rings is 2. The number of imide groups is 1. The van der Waals surface area contributed by atoms with Crippen LogP contribution in [-0.4, -0.2) is 24.2 Å². The summed E-state index contributed by atoms with van der Waals surface area (Å²) in [4.78, 5) is 25.6. The molecule has 1 fully saturated rings. The van der Waals surface area contributed by atoms with Crippen molar-refractivity contribution in [2.45, 2.75) is 0 Å². The lowest BCUT2D eigenvalue weighted by Crippen LogP contribution is -2.30. The topological polar surface area (TPSA) is 78.9 Å². The van der Waals surface area contributed by atoms with Crippen molar-refractivity contribution in [3.8, 4) is 11.5 Å². The van der Waals surface area contributed by atoms with E-state index in [9.17, 15) is 14.7 Å². The molecule has 2 aromatic rings. The number of aromatic hydroxyl groups is 1. The van der Waals surface area contributed by atoms with Crippen LogP contribution in [0, 0.1) is 0 Å². The van der Waals surface area contributed by atoms with Crippen LogP contribution >= 0.6 is 11.6 Å². The molecule has 3 amide bonds. The molecule has 3 rings (SSSR count). The SMILES string of the molecule is COc1cc(Cl)cc(C=C2NC(=O)N(c3ccccc3)C2=O)c1O. The largest absolute Gasteiger partial charge is 0.504 e. The summed E-state index contributed by atoms with van der Waals surface area (Å²) >= 11 is 5.97. The predicted molar refractivity (Wildman–Crippen MR) is 90.1 cm³/mol. The fourth-order valence-electron chi connectivity index (χ4n) is 2.36. The van der Waals surface area contributed by atoms with Crippen LogP contribution < -0.4 is 15.0 Å². The molecule has 1 heterocycles. The summed E-state index contributed by atoms with van der Waals surface area (Å²) in [5.41, 5.74) is 0.748. The summed E-state index contributed by atoms with van der Waals surface area (Å²) in [5.74, 6) is -0.523. The molecule has 0 aliphatic carbocycles. The quantitative estimate of drug-likeness (QED) is 0.662. The number of hydrogen-bond donors (Lipinski definition) is 2. The molecule has 0 aromatic heterocycles. The van der Waals surface area contributed by atoms with Gasteiger partial charge in [0.25, 0.3) is 5.91 Å². The molecule has 1 saturated heterocycles. The second-order valence-electron chi connectivity index (χ2n) is 5.01. The summed E-state index contributed by atoms with van der Waals surface area (Å²) < 4.78 is 5.02. The summed E-state index contributed by atoms with van der Waals surface area (Å²) in [5, 5.41) is 13.0. The van der Waals surface area contributed by atoms with Crippen LogP contribution in [0.1, 0.15) is 5.56 Å². The lowest BCUT2D eigenvalue weighted by molar-refractivity contribution is -0.113. The smallest absolute Gasteiger partial charge is 0.333 e. The van der Waals surface area contributed by atoms with Gasteiger partial charge in [0.05, 0.1) is 12.8 Å². The average Bonchev–Trinajstić information content (AvgIpc) is 2.85. The number of nitrogens with zero attached hydrogens (tertiary/aromatic N) is 1. The van der Waals surface area contributed by atoms with E-state index >= 15 is 0 Å². The van der Waals surface area contributed by atoms with Gasteiger partial charge in [-0.1, -0.05) is 29.8 Å². The number of nitrogens with one attached hydrogen (secondary N) is 1. The number of para-hydroxylation sites is 1. The number of rotatable bonds is 3. The number of hydrogen-bond acceptors (Lipinski definition) is 4. The van der Waals surface area contributed by atoms with Crippen LogP contribution in [0.5, 0.6) is 11.5 Å². The standard InChI is InChI=1S/C17H13ClN2O4/c1-24-14-9-11(18)7-10(15(14)21)8-13-16(22)20(17(23)19-13)12-5-3-2-4-6-12/h2-9,21H,1H3,(H,19,23). The number of phenols is 1. The molecule has 1 aliphatic heterocycles. The molecule has 0 atom stereocenters. The molecule has 0 radical (unpaired) electrons. The number of amides is 3. The van der Waals surface area contributed by atoms with Crippen LogP contribution in [0.15, 0.2) is 48.2 Å². The number of carbonyl (C=O) groups is 2. The van der Waals surface area contributed by atoms with Gasteiger partial charge in [0.2, 0.25) is 0 Å². The zero-order valence-electron chi connectivity index (χ0n) is 12.6. The summed E-state index contributed by atoms with van der Waals surface area (Å²) in [6, 6.07) is 10.9. The second kappa shape index (κ2) is 6.25. The van der Waals surface area contributed by atoms with E-state index in [1.54, 1.807) is 30.3 Å². The van der Waals surface area contributed by atoms with Crippen molar-refractivity contribution < 1.29 is 19.4 Å². The van der Waals surface area contributed by atoms with E-state index in [0.717, 1.165) is 4.90 Å². The minimum atomic E-state index is -0.564. The maximum atomic E-state index is 12.5. The Labute approximate surface area is 142 Å². The van der Waals surface area contributed by atoms with Gasteiger partial charge >= 0.3 is 6.03 Å². The molecule has 122 valence electrons. The van der Waals surface area contributed by atoms with Crippen molar-refractivity contribution in [2.75, 3.05) is 12.0 Å². The maximum absolute atomic E-state index is 12.5. The first-order valence-corrected chi connectivity index (χ1v) is 7.37. The number of carbonyl (C=O) groups excluding carboxylic acids is 2. The normalized spacial score (nSPS) is 15.8. The van der Waals surface area contributed by atoms with Gasteiger partial charge < -0.3 is 15.2 Å². The summed E-state index contributed by atoms with van der Waals surface area (Å²) in [7, 11) is 1.39. The van der Waals surface area contributed by atoms with Crippen molar-refractivity contribution in [3.63, 3.8) is 0 Å². The highest BCUT2D eigenvalue weighted by Crippen LogP contribution is 2.35. The molecule has 2 aromatic carbocycles. The first-order valence-electron chi connectivity index (χ1n) is 7.00. The van der Waals surface area contributed by atoms with E-state index in [0.29, 0.717) is 10.7 Å². The number of ether oxygens (including phenoxy) is 1. The van der Waals surface area contributed by atoms with Gasteiger partial charge in [0, 0.05) is 16.7 Å². The number of methoxy groups -OCH3 is 1. The van der Waals surface area contributed by atoms with Crippen LogP contribution in [0.4, 0.5) is 10.5 Å². The van der Waals surface area contributed by atoms with Crippen LogP contribution in [0.25, 0.3) is 6.08 Å². The third-order valence-corrected chi connectivity index (χ3v) is 3.70. The van der Waals surface area contributed by atoms with Gasteiger partial charge in [-0.15, -0.1) is 0 Å². The maximum Gasteiger partial charge on any atom is 0.333 e. The van der Waals surface area contributed by atoms with Crippen molar-refractivity contribution in [3.05, 3.63) is 58.7 Å². The van der Waals surface area contributed by atoms with Crippen molar-refractivity contribution >= 4 is 35.3 Å². The molecule has 0 unspecified atom stereocenters. The first-order chi connectivity index (χ1) is 11.5. The Kier molecular flexibility index (Phi) is 4.14. The van der Waals surface area contributed by atoms with Crippen molar-refractivity contribution in [1.82, 2.24) is 5.32 Å². The zero-order chi connectivity index (χ0) is 17.3. The highest BCUT2D eigenvalue weighted by molar-refractivity contribution is 6.31. The van der Waals surface area contributed by atoms with Crippen molar-refractivity contribution in [2.24, 2.45) is 0 Å². The zero-order valence-corrected chi connectivity index (χ0v) is 13.4. The third kappa shape index (κ3) is 2.79. The van der Waals surface area contributed by atoms with Gasteiger partial charge in [-0.05, 0) is 24.3 Å². The lowest BCUT2D eigenvalue weighted by Gasteiger charge is -2.11. The molecule has 7 heteroatoms. The molecule has 0 bridgehead atoms. The van der Waals surface area contributed by atoms with E-state index in [-0.39, 0.29) is 22.8 Å². The molecule has 0 spiro atoms. The fourth-order valence-corrected chi connectivity index (χ4v) is 2.58. The monoisotopic (exact) mass is 344 g/mol. The number of anilines is 1. The third-order valence-electron chi connectivity index (χ3n) is 3.48. The molecule has 2 N–H and O–H groups in total. The Morgan fingerprint density at radius 1 is 1.21 bits per heavy atom. The lowest BCUT2D eigenvalue weighted by atomic mass is 10.1. The summed E-state index contributed by atoms with van der Waals surface area (Å²) in [6.07, 6.45) is 1.35. The highest BCUT2D eigenvalue weighted by atomic mass is 35.5. The van der Waals surface area contributed by atoms with Gasteiger partial charge in [0.1, 0.15) is 5.70 Å². The van der Waals surface area contributed by atoms with Gasteiger partial charge in [-0.25, -0.2) is 9.69 Å². The Morgan fingerprint density at radius 3 is 2.58 bits per heavy atom. The Hall–Kier alpha value is -2.99. The van der Waals surface area contributed by atoms with Gasteiger partial charge in [-0.3, -0.25) is 4.79 Å². The number of phenolic OH excluding ortho intramolecular Hbond substituents is 1. The Morgan fingerprint density at radius 2 is 1.92 bits per heavy atom. The second-order valence-corrected chi connectivity index (χ2v) is 5.45. The Bertz CT molecular complexity index is 849. The minimum Gasteiger partial charge on any atom is -0.504 e. The predicted octanol–water partition coefficient (Wildman–Crippen LogP) is 3.15. The Balaban J connectivity index is 2.00. The first kappa shape index (κ1) is 15.9. The van der Waals surface area contributed by atoms with Crippen LogP contribution in [-0.2, 0) is 4.79 Å². The van der Waals surface area contributed by atoms with Crippen LogP contribution in [0.3, 0.4) is 0 Å². The number of halogens is 1.